The first-order valence-corrected chi connectivity index (χ1v) is 3.08. The van der Waals surface area contributed by atoms with E-state index < -0.39 is 0 Å². The molecule has 0 bridgehead atoms. The van der Waals surface area contributed by atoms with Gasteiger partial charge in [0.25, 0.3) is 0 Å². The van der Waals surface area contributed by atoms with Crippen LogP contribution in [0.1, 0.15) is 5.69 Å². The van der Waals surface area contributed by atoms with E-state index in [1.165, 1.54) is 12.3 Å². The summed E-state index contributed by atoms with van der Waals surface area (Å²) in [6, 6.07) is 1.53. The van der Waals surface area contributed by atoms with Crippen LogP contribution in [0.15, 0.2) is 17.4 Å². The lowest BCUT2D eigenvalue weighted by molar-refractivity contribution is 1.18. The van der Waals surface area contributed by atoms with Crippen molar-refractivity contribution < 1.29 is 0 Å². The van der Waals surface area contributed by atoms with Crippen LogP contribution in [0.3, 0.4) is 0 Å². The van der Waals surface area contributed by atoms with Crippen molar-refractivity contribution in [3.8, 4) is 0 Å². The van der Waals surface area contributed by atoms with Gasteiger partial charge >= 0.3 is 0 Å². The van der Waals surface area contributed by atoms with Gasteiger partial charge in [-0.15, -0.1) is 4.91 Å². The second kappa shape index (κ2) is 2.75. The monoisotopic (exact) mass is 156 g/mol. The lowest BCUT2D eigenvalue weighted by Gasteiger charge is -1.95. The Morgan fingerprint density at radius 1 is 1.70 bits per heavy atom. The maximum atomic E-state index is 10.1. The van der Waals surface area contributed by atoms with Gasteiger partial charge in [-0.3, -0.25) is 4.98 Å². The van der Waals surface area contributed by atoms with Crippen molar-refractivity contribution in [3.63, 3.8) is 0 Å². The SMILES string of the molecule is Cc1nccc(Cl)c1N=O. The molecule has 52 valence electrons. The quantitative estimate of drug-likeness (QED) is 0.586. The number of hydrogen-bond donors (Lipinski definition) is 0. The summed E-state index contributed by atoms with van der Waals surface area (Å²) in [7, 11) is 0. The summed E-state index contributed by atoms with van der Waals surface area (Å²) < 4.78 is 0. The van der Waals surface area contributed by atoms with E-state index in [0.717, 1.165) is 0 Å². The van der Waals surface area contributed by atoms with Gasteiger partial charge < -0.3 is 0 Å². The minimum absolute atomic E-state index is 0.226. The zero-order valence-corrected chi connectivity index (χ0v) is 6.09. The van der Waals surface area contributed by atoms with Gasteiger partial charge in [0.15, 0.2) is 0 Å². The second-order valence-electron chi connectivity index (χ2n) is 1.82. The molecule has 3 nitrogen and oxygen atoms in total. The van der Waals surface area contributed by atoms with Crippen molar-refractivity contribution in [2.24, 2.45) is 5.18 Å². The first kappa shape index (κ1) is 7.15. The second-order valence-corrected chi connectivity index (χ2v) is 2.23. The van der Waals surface area contributed by atoms with Crippen molar-refractivity contribution in [3.05, 3.63) is 27.9 Å². The van der Waals surface area contributed by atoms with E-state index in [1.807, 2.05) is 0 Å². The van der Waals surface area contributed by atoms with Gasteiger partial charge in [0.05, 0.1) is 10.7 Å². The third-order valence-corrected chi connectivity index (χ3v) is 1.45. The number of halogens is 1. The predicted molar refractivity (Wildman–Crippen MR) is 39.4 cm³/mol. The van der Waals surface area contributed by atoms with Crippen LogP contribution in [-0.4, -0.2) is 4.98 Å². The Hall–Kier alpha value is -0.960. The Labute approximate surface area is 63.0 Å². The molecule has 0 radical (unpaired) electrons. The third kappa shape index (κ3) is 1.14. The molecule has 1 rings (SSSR count). The van der Waals surface area contributed by atoms with E-state index in [0.29, 0.717) is 10.7 Å². The molecular weight excluding hydrogens is 152 g/mol. The summed E-state index contributed by atoms with van der Waals surface area (Å²) in [4.78, 5) is 13.9. The molecule has 0 saturated carbocycles. The predicted octanol–water partition coefficient (Wildman–Crippen LogP) is 2.44. The Bertz CT molecular complexity index is 242. The number of nitrogens with zero attached hydrogens (tertiary/aromatic N) is 2. The topological polar surface area (TPSA) is 42.3 Å². The number of nitroso groups, excluding NO2 is 1. The largest absolute Gasteiger partial charge is 0.259 e. The molecule has 1 heterocycles. The van der Waals surface area contributed by atoms with Gasteiger partial charge in [0.2, 0.25) is 0 Å². The van der Waals surface area contributed by atoms with E-state index in [2.05, 4.69) is 10.2 Å². The Morgan fingerprint density at radius 3 is 2.80 bits per heavy atom. The molecule has 0 aliphatic rings. The standard InChI is InChI=1S/C6H5ClN2O/c1-4-6(9-10)5(7)2-3-8-4/h2-3H,1H3. The Balaban J connectivity index is 3.30. The van der Waals surface area contributed by atoms with Gasteiger partial charge in [-0.05, 0) is 18.2 Å². The maximum absolute atomic E-state index is 10.1. The van der Waals surface area contributed by atoms with Crippen LogP contribution in [0.5, 0.6) is 0 Å². The fraction of sp³-hybridized carbons (Fsp3) is 0.167. The Morgan fingerprint density at radius 2 is 2.40 bits per heavy atom. The van der Waals surface area contributed by atoms with Crippen molar-refractivity contribution in [1.29, 1.82) is 0 Å². The summed E-state index contributed by atoms with van der Waals surface area (Å²) in [5, 5.41) is 3.07. The molecule has 4 heteroatoms. The highest BCUT2D eigenvalue weighted by Gasteiger charge is 2.02. The van der Waals surface area contributed by atoms with Gasteiger partial charge in [-0.25, -0.2) is 0 Å². The summed E-state index contributed by atoms with van der Waals surface area (Å²) in [6.45, 7) is 1.68. The van der Waals surface area contributed by atoms with Gasteiger partial charge in [0, 0.05) is 6.20 Å². The van der Waals surface area contributed by atoms with Crippen LogP contribution < -0.4 is 0 Å². The normalized spacial score (nSPS) is 9.40. The number of pyridine rings is 1. The van der Waals surface area contributed by atoms with Gasteiger partial charge in [-0.2, -0.15) is 0 Å². The number of aryl methyl sites for hydroxylation is 1. The molecule has 0 aliphatic heterocycles. The summed E-state index contributed by atoms with van der Waals surface area (Å²) in [5.74, 6) is 0. The van der Waals surface area contributed by atoms with Crippen molar-refractivity contribution in [2.45, 2.75) is 6.92 Å². The zero-order chi connectivity index (χ0) is 7.56. The molecule has 1 aromatic heterocycles. The molecule has 0 aromatic carbocycles. The summed E-state index contributed by atoms with van der Waals surface area (Å²) in [5.41, 5.74) is 0.784. The lowest BCUT2D eigenvalue weighted by Crippen LogP contribution is -1.79. The highest BCUT2D eigenvalue weighted by atomic mass is 35.5. The van der Waals surface area contributed by atoms with E-state index in [9.17, 15) is 4.91 Å². The minimum Gasteiger partial charge on any atom is -0.259 e. The molecule has 0 atom stereocenters. The van der Waals surface area contributed by atoms with E-state index in [-0.39, 0.29) is 5.69 Å². The first-order chi connectivity index (χ1) is 4.75. The van der Waals surface area contributed by atoms with Crippen LogP contribution in [-0.2, 0) is 0 Å². The number of hydrogen-bond acceptors (Lipinski definition) is 3. The fourth-order valence-corrected chi connectivity index (χ4v) is 0.865. The number of aromatic nitrogens is 1. The van der Waals surface area contributed by atoms with E-state index >= 15 is 0 Å². The van der Waals surface area contributed by atoms with Crippen LogP contribution in [0.4, 0.5) is 5.69 Å². The molecule has 0 N–H and O–H groups in total. The summed E-state index contributed by atoms with van der Waals surface area (Å²) in [6.07, 6.45) is 1.53. The van der Waals surface area contributed by atoms with Gasteiger partial charge in [-0.1, -0.05) is 11.6 Å². The molecule has 10 heavy (non-hydrogen) atoms. The van der Waals surface area contributed by atoms with E-state index in [1.54, 1.807) is 6.92 Å². The van der Waals surface area contributed by atoms with Crippen molar-refractivity contribution in [1.82, 2.24) is 4.98 Å². The molecule has 0 fully saturated rings. The Kier molecular flexibility index (Phi) is 1.97. The third-order valence-electron chi connectivity index (χ3n) is 1.15. The van der Waals surface area contributed by atoms with Crippen molar-refractivity contribution >= 4 is 17.3 Å². The fourth-order valence-electron chi connectivity index (χ4n) is 0.637. The molecule has 0 unspecified atom stereocenters. The summed E-state index contributed by atoms with van der Waals surface area (Å²) >= 11 is 5.60. The molecule has 0 amide bonds. The van der Waals surface area contributed by atoms with E-state index in [4.69, 9.17) is 11.6 Å². The highest BCUT2D eigenvalue weighted by molar-refractivity contribution is 6.33. The van der Waals surface area contributed by atoms with Crippen molar-refractivity contribution in [2.75, 3.05) is 0 Å². The average Bonchev–Trinajstić information content (AvgIpc) is 1.88. The van der Waals surface area contributed by atoms with Crippen LogP contribution in [0, 0.1) is 11.8 Å². The molecule has 0 aliphatic carbocycles. The molecule has 1 aromatic rings. The zero-order valence-electron chi connectivity index (χ0n) is 5.34. The van der Waals surface area contributed by atoms with Crippen LogP contribution >= 0.6 is 11.6 Å². The lowest BCUT2D eigenvalue weighted by atomic mass is 10.3. The van der Waals surface area contributed by atoms with Gasteiger partial charge in [0.1, 0.15) is 5.69 Å². The molecule has 0 saturated heterocycles. The van der Waals surface area contributed by atoms with Crippen LogP contribution in [0.25, 0.3) is 0 Å². The number of rotatable bonds is 1. The molecular formula is C6H5ClN2O. The first-order valence-electron chi connectivity index (χ1n) is 2.70. The average molecular weight is 157 g/mol. The smallest absolute Gasteiger partial charge is 0.147 e. The van der Waals surface area contributed by atoms with Crippen LogP contribution in [0.2, 0.25) is 5.02 Å². The minimum atomic E-state index is 0.226. The molecule has 0 spiro atoms. The highest BCUT2D eigenvalue weighted by Crippen LogP contribution is 2.25. The maximum Gasteiger partial charge on any atom is 0.147 e.